The molecule has 0 aliphatic heterocycles. The summed E-state index contributed by atoms with van der Waals surface area (Å²) in [6.45, 7) is 8.56. The van der Waals surface area contributed by atoms with Gasteiger partial charge in [-0.1, -0.05) is 26.0 Å². The molecule has 2 aromatic rings. The van der Waals surface area contributed by atoms with E-state index in [4.69, 9.17) is 4.74 Å². The van der Waals surface area contributed by atoms with Gasteiger partial charge in [-0.2, -0.15) is 0 Å². The number of aryl methyl sites for hydroxylation is 2. The van der Waals surface area contributed by atoms with Crippen molar-refractivity contribution in [2.45, 2.75) is 40.3 Å². The zero-order valence-corrected chi connectivity index (χ0v) is 13.0. The molecule has 0 saturated carbocycles. The van der Waals surface area contributed by atoms with Gasteiger partial charge in [-0.15, -0.1) is 0 Å². The number of ether oxygens (including phenoxy) is 1. The second-order valence-corrected chi connectivity index (χ2v) is 5.68. The summed E-state index contributed by atoms with van der Waals surface area (Å²) in [5.41, 5.74) is 2.82. The van der Waals surface area contributed by atoms with E-state index in [-0.39, 0.29) is 5.82 Å². The van der Waals surface area contributed by atoms with Crippen molar-refractivity contribution in [2.24, 2.45) is 0 Å². The Morgan fingerprint density at radius 3 is 2.38 bits per heavy atom. The standard InChI is InChI=1S/C18H22FNO/c1-12(2)20-11-16-17(19)6-5-7-18(16)21-15-9-13(3)8-14(4)10-15/h5-10,12,20H,11H2,1-4H3. The average Bonchev–Trinajstić information content (AvgIpc) is 2.36. The first kappa shape index (κ1) is 15.5. The van der Waals surface area contributed by atoms with E-state index in [9.17, 15) is 4.39 Å². The minimum absolute atomic E-state index is 0.245. The van der Waals surface area contributed by atoms with Gasteiger partial charge in [0.1, 0.15) is 17.3 Å². The smallest absolute Gasteiger partial charge is 0.134 e. The third-order valence-corrected chi connectivity index (χ3v) is 3.19. The van der Waals surface area contributed by atoms with Crippen molar-refractivity contribution in [3.63, 3.8) is 0 Å². The van der Waals surface area contributed by atoms with Crippen molar-refractivity contribution < 1.29 is 9.13 Å². The summed E-state index contributed by atoms with van der Waals surface area (Å²) in [6, 6.07) is 11.2. The highest BCUT2D eigenvalue weighted by Gasteiger charge is 2.11. The van der Waals surface area contributed by atoms with Gasteiger partial charge in [0.05, 0.1) is 0 Å². The summed E-state index contributed by atoms with van der Waals surface area (Å²) in [5, 5.41) is 3.23. The molecule has 0 saturated heterocycles. The fourth-order valence-electron chi connectivity index (χ4n) is 2.23. The van der Waals surface area contributed by atoms with Gasteiger partial charge in [0.2, 0.25) is 0 Å². The molecule has 2 nitrogen and oxygen atoms in total. The lowest BCUT2D eigenvalue weighted by Crippen LogP contribution is -2.22. The molecule has 1 N–H and O–H groups in total. The van der Waals surface area contributed by atoms with Crippen LogP contribution in [0.3, 0.4) is 0 Å². The van der Waals surface area contributed by atoms with E-state index in [2.05, 4.69) is 11.4 Å². The van der Waals surface area contributed by atoms with E-state index < -0.39 is 0 Å². The van der Waals surface area contributed by atoms with E-state index >= 15 is 0 Å². The van der Waals surface area contributed by atoms with Crippen LogP contribution in [0.5, 0.6) is 11.5 Å². The molecule has 0 atom stereocenters. The van der Waals surface area contributed by atoms with Crippen LogP contribution in [0.1, 0.15) is 30.5 Å². The highest BCUT2D eigenvalue weighted by molar-refractivity contribution is 5.41. The van der Waals surface area contributed by atoms with Crippen LogP contribution in [-0.4, -0.2) is 6.04 Å². The maximum atomic E-state index is 14.0. The molecule has 0 amide bonds. The van der Waals surface area contributed by atoms with Gasteiger partial charge in [0.15, 0.2) is 0 Å². The third kappa shape index (κ3) is 4.30. The monoisotopic (exact) mass is 287 g/mol. The largest absolute Gasteiger partial charge is 0.457 e. The summed E-state index contributed by atoms with van der Waals surface area (Å²) >= 11 is 0. The molecular weight excluding hydrogens is 265 g/mol. The molecule has 0 aliphatic rings. The third-order valence-electron chi connectivity index (χ3n) is 3.19. The van der Waals surface area contributed by atoms with Gasteiger partial charge in [-0.25, -0.2) is 4.39 Å². The highest BCUT2D eigenvalue weighted by Crippen LogP contribution is 2.28. The highest BCUT2D eigenvalue weighted by atomic mass is 19.1. The fraction of sp³-hybridized carbons (Fsp3) is 0.333. The summed E-state index contributed by atoms with van der Waals surface area (Å²) in [4.78, 5) is 0. The molecule has 0 unspecified atom stereocenters. The average molecular weight is 287 g/mol. The van der Waals surface area contributed by atoms with Gasteiger partial charge in [0, 0.05) is 18.2 Å². The molecule has 0 bridgehead atoms. The number of nitrogens with one attached hydrogen (secondary N) is 1. The molecule has 0 fully saturated rings. The second-order valence-electron chi connectivity index (χ2n) is 5.68. The molecule has 2 rings (SSSR count). The van der Waals surface area contributed by atoms with Crippen LogP contribution in [0, 0.1) is 19.7 Å². The number of hydrogen-bond acceptors (Lipinski definition) is 2. The van der Waals surface area contributed by atoms with Crippen molar-refractivity contribution >= 4 is 0 Å². The van der Waals surface area contributed by atoms with Crippen molar-refractivity contribution in [2.75, 3.05) is 0 Å². The number of hydrogen-bond donors (Lipinski definition) is 1. The first-order valence-electron chi connectivity index (χ1n) is 7.22. The maximum absolute atomic E-state index is 14.0. The van der Waals surface area contributed by atoms with Crippen LogP contribution in [0.4, 0.5) is 4.39 Å². The SMILES string of the molecule is Cc1cc(C)cc(Oc2cccc(F)c2CNC(C)C)c1. The van der Waals surface area contributed by atoms with Crippen LogP contribution in [0.25, 0.3) is 0 Å². The van der Waals surface area contributed by atoms with Gasteiger partial charge in [-0.3, -0.25) is 0 Å². The maximum Gasteiger partial charge on any atom is 0.134 e. The predicted molar refractivity (Wildman–Crippen MR) is 84.4 cm³/mol. The molecule has 3 heteroatoms. The molecule has 0 aromatic heterocycles. The Balaban J connectivity index is 2.28. The lowest BCUT2D eigenvalue weighted by Gasteiger charge is -2.15. The van der Waals surface area contributed by atoms with Gasteiger partial charge in [-0.05, 0) is 49.2 Å². The zero-order chi connectivity index (χ0) is 15.4. The van der Waals surface area contributed by atoms with Crippen molar-refractivity contribution in [3.05, 3.63) is 58.9 Å². The Kier molecular flexibility index (Phi) is 4.97. The Labute approximate surface area is 126 Å². The molecule has 112 valence electrons. The minimum Gasteiger partial charge on any atom is -0.457 e. The van der Waals surface area contributed by atoms with Crippen LogP contribution < -0.4 is 10.1 Å². The van der Waals surface area contributed by atoms with Crippen LogP contribution in [0.15, 0.2) is 36.4 Å². The van der Waals surface area contributed by atoms with Gasteiger partial charge >= 0.3 is 0 Å². The molecule has 0 aliphatic carbocycles. The van der Waals surface area contributed by atoms with Crippen LogP contribution >= 0.6 is 0 Å². The normalized spacial score (nSPS) is 11.0. The van der Waals surface area contributed by atoms with Gasteiger partial charge < -0.3 is 10.1 Å². The summed E-state index contributed by atoms with van der Waals surface area (Å²) in [5.74, 6) is 1.06. The molecule has 21 heavy (non-hydrogen) atoms. The van der Waals surface area contributed by atoms with Crippen molar-refractivity contribution in [3.8, 4) is 11.5 Å². The number of benzene rings is 2. The van der Waals surface area contributed by atoms with Crippen LogP contribution in [0.2, 0.25) is 0 Å². The Hall–Kier alpha value is -1.87. The number of rotatable bonds is 5. The molecule has 2 aromatic carbocycles. The number of halogens is 1. The van der Waals surface area contributed by atoms with Crippen molar-refractivity contribution in [1.29, 1.82) is 0 Å². The Bertz CT molecular complexity index is 602. The molecule has 0 heterocycles. The van der Waals surface area contributed by atoms with Gasteiger partial charge in [0.25, 0.3) is 0 Å². The minimum atomic E-state index is -0.245. The fourth-order valence-corrected chi connectivity index (χ4v) is 2.23. The molecule has 0 spiro atoms. The zero-order valence-electron chi connectivity index (χ0n) is 13.0. The summed E-state index contributed by atoms with van der Waals surface area (Å²) in [6.07, 6.45) is 0. The van der Waals surface area contributed by atoms with Crippen LogP contribution in [-0.2, 0) is 6.54 Å². The second kappa shape index (κ2) is 6.72. The predicted octanol–water partition coefficient (Wildman–Crippen LogP) is 4.73. The van der Waals surface area contributed by atoms with E-state index in [1.807, 2.05) is 39.8 Å². The van der Waals surface area contributed by atoms with E-state index in [0.717, 1.165) is 16.9 Å². The topological polar surface area (TPSA) is 21.3 Å². The summed E-state index contributed by atoms with van der Waals surface area (Å²) < 4.78 is 19.9. The first-order valence-corrected chi connectivity index (χ1v) is 7.22. The lowest BCUT2D eigenvalue weighted by atomic mass is 10.1. The Morgan fingerprint density at radius 1 is 1.10 bits per heavy atom. The molecule has 0 radical (unpaired) electrons. The summed E-state index contributed by atoms with van der Waals surface area (Å²) in [7, 11) is 0. The van der Waals surface area contributed by atoms with E-state index in [0.29, 0.717) is 23.9 Å². The quantitative estimate of drug-likeness (QED) is 0.858. The first-order chi connectivity index (χ1) is 9.95. The Morgan fingerprint density at radius 2 is 1.76 bits per heavy atom. The van der Waals surface area contributed by atoms with Crippen molar-refractivity contribution in [1.82, 2.24) is 5.32 Å². The lowest BCUT2D eigenvalue weighted by molar-refractivity contribution is 0.457. The van der Waals surface area contributed by atoms with E-state index in [1.54, 1.807) is 12.1 Å². The van der Waals surface area contributed by atoms with E-state index in [1.165, 1.54) is 6.07 Å². The molecular formula is C18H22FNO.